The van der Waals surface area contributed by atoms with Crippen LogP contribution in [0.4, 0.5) is 0 Å². The number of rotatable bonds is 2. The standard InChI is InChI=1S/C21H16O6/c1-10(22)26-8-11-9-27-20-13-4-6-14-12(5-7-15(23)21(14,2)3)17(13)19(25)18(24)16(11)20/h4-7,9H,8H2,1-3H3. The Kier molecular flexibility index (Phi) is 3.56. The first-order chi connectivity index (χ1) is 12.7. The molecule has 1 aromatic carbocycles. The minimum Gasteiger partial charge on any atom is -0.463 e. The van der Waals surface area contributed by atoms with Gasteiger partial charge in [-0.2, -0.15) is 0 Å². The van der Waals surface area contributed by atoms with Gasteiger partial charge in [0, 0.05) is 23.6 Å². The Hall–Kier alpha value is -3.28. The molecular weight excluding hydrogens is 348 g/mol. The van der Waals surface area contributed by atoms with Gasteiger partial charge in [-0.1, -0.05) is 18.2 Å². The lowest BCUT2D eigenvalue weighted by atomic mass is 9.71. The van der Waals surface area contributed by atoms with Gasteiger partial charge in [0.2, 0.25) is 11.6 Å². The molecule has 136 valence electrons. The molecule has 0 N–H and O–H groups in total. The molecule has 1 aromatic heterocycles. The molecule has 0 spiro atoms. The van der Waals surface area contributed by atoms with E-state index in [1.165, 1.54) is 19.3 Å². The highest BCUT2D eigenvalue weighted by atomic mass is 16.5. The normalized spacial score (nSPS) is 16.6. The van der Waals surface area contributed by atoms with Crippen LogP contribution in [0.25, 0.3) is 17.4 Å². The van der Waals surface area contributed by atoms with Gasteiger partial charge >= 0.3 is 5.97 Å². The minimum atomic E-state index is -0.785. The SMILES string of the molecule is CC(=O)OCc1coc2c1C(=O)C(=O)c1c-2ccc2c1C=CC(=O)C2(C)C. The van der Waals surface area contributed by atoms with Crippen molar-refractivity contribution in [1.29, 1.82) is 0 Å². The van der Waals surface area contributed by atoms with Gasteiger partial charge in [0.1, 0.15) is 12.4 Å². The predicted octanol–water partition coefficient (Wildman–Crippen LogP) is 3.26. The van der Waals surface area contributed by atoms with Gasteiger partial charge in [0.25, 0.3) is 0 Å². The smallest absolute Gasteiger partial charge is 0.302 e. The molecule has 0 fully saturated rings. The molecule has 4 rings (SSSR count). The van der Waals surface area contributed by atoms with Crippen molar-refractivity contribution in [3.05, 3.63) is 52.3 Å². The number of hydrogen-bond donors (Lipinski definition) is 0. The molecule has 6 heteroatoms. The number of benzene rings is 1. The summed E-state index contributed by atoms with van der Waals surface area (Å²) in [6.45, 7) is 4.69. The quantitative estimate of drug-likeness (QED) is 0.600. The van der Waals surface area contributed by atoms with Crippen LogP contribution in [0.15, 0.2) is 28.9 Å². The molecule has 0 saturated carbocycles. The van der Waals surface area contributed by atoms with Crippen LogP contribution < -0.4 is 0 Å². The highest BCUT2D eigenvalue weighted by molar-refractivity contribution is 6.53. The van der Waals surface area contributed by atoms with E-state index in [0.717, 1.165) is 0 Å². The maximum absolute atomic E-state index is 12.9. The first kappa shape index (κ1) is 17.1. The highest BCUT2D eigenvalue weighted by Gasteiger charge is 2.41. The lowest BCUT2D eigenvalue weighted by Crippen LogP contribution is -2.32. The minimum absolute atomic E-state index is 0.0631. The van der Waals surface area contributed by atoms with Crippen LogP contribution in [0, 0.1) is 0 Å². The Balaban J connectivity index is 1.93. The maximum Gasteiger partial charge on any atom is 0.302 e. The monoisotopic (exact) mass is 364 g/mol. The number of allylic oxidation sites excluding steroid dienone is 1. The van der Waals surface area contributed by atoms with Crippen molar-refractivity contribution in [2.24, 2.45) is 0 Å². The third-order valence-corrected chi connectivity index (χ3v) is 5.14. The summed E-state index contributed by atoms with van der Waals surface area (Å²) in [6, 6.07) is 3.49. The number of furan rings is 1. The van der Waals surface area contributed by atoms with Gasteiger partial charge in [-0.3, -0.25) is 19.2 Å². The average molecular weight is 364 g/mol. The molecule has 0 amide bonds. The number of carbonyl (C=O) groups is 4. The molecule has 0 atom stereocenters. The molecule has 27 heavy (non-hydrogen) atoms. The maximum atomic E-state index is 12.9. The van der Waals surface area contributed by atoms with Crippen LogP contribution in [-0.4, -0.2) is 23.3 Å². The lowest BCUT2D eigenvalue weighted by Gasteiger charge is -2.30. The Bertz CT molecular complexity index is 1080. The van der Waals surface area contributed by atoms with Crippen molar-refractivity contribution in [2.45, 2.75) is 32.8 Å². The third kappa shape index (κ3) is 2.33. The Morgan fingerprint density at radius 1 is 1.07 bits per heavy atom. The number of carbonyl (C=O) groups excluding carboxylic acids is 4. The second kappa shape index (κ2) is 5.61. The van der Waals surface area contributed by atoms with Crippen molar-refractivity contribution in [1.82, 2.24) is 0 Å². The van der Waals surface area contributed by atoms with Crippen LogP contribution in [-0.2, 0) is 26.3 Å². The topological polar surface area (TPSA) is 90.7 Å². The summed E-state index contributed by atoms with van der Waals surface area (Å²) in [6.07, 6.45) is 4.35. The Morgan fingerprint density at radius 3 is 2.48 bits per heavy atom. The molecule has 0 saturated heterocycles. The van der Waals surface area contributed by atoms with Gasteiger partial charge in [0.15, 0.2) is 5.78 Å². The van der Waals surface area contributed by atoms with Crippen molar-refractivity contribution in [3.63, 3.8) is 0 Å². The fraction of sp³-hybridized carbons (Fsp3) is 0.238. The number of ether oxygens (including phenoxy) is 1. The number of hydrogen-bond acceptors (Lipinski definition) is 6. The van der Waals surface area contributed by atoms with Crippen molar-refractivity contribution < 1.29 is 28.3 Å². The zero-order valence-corrected chi connectivity index (χ0v) is 15.0. The molecule has 0 radical (unpaired) electrons. The summed E-state index contributed by atoms with van der Waals surface area (Å²) >= 11 is 0. The fourth-order valence-electron chi connectivity index (χ4n) is 3.63. The number of esters is 1. The fourth-order valence-corrected chi connectivity index (χ4v) is 3.63. The average Bonchev–Trinajstić information content (AvgIpc) is 3.04. The van der Waals surface area contributed by atoms with Crippen molar-refractivity contribution in [3.8, 4) is 11.3 Å². The van der Waals surface area contributed by atoms with Gasteiger partial charge in [-0.15, -0.1) is 0 Å². The summed E-state index contributed by atoms with van der Waals surface area (Å²) in [5, 5.41) is 0. The Morgan fingerprint density at radius 2 is 1.78 bits per heavy atom. The van der Waals surface area contributed by atoms with E-state index in [9.17, 15) is 19.2 Å². The molecule has 1 heterocycles. The first-order valence-electron chi connectivity index (χ1n) is 8.46. The molecule has 0 aliphatic heterocycles. The van der Waals surface area contributed by atoms with E-state index in [1.54, 1.807) is 32.1 Å². The van der Waals surface area contributed by atoms with Crippen LogP contribution in [0.1, 0.15) is 58.2 Å². The first-order valence-corrected chi connectivity index (χ1v) is 8.46. The zero-order chi connectivity index (χ0) is 19.5. The summed E-state index contributed by atoms with van der Waals surface area (Å²) in [5.74, 6) is -1.64. The zero-order valence-electron chi connectivity index (χ0n) is 15.0. The molecular formula is C21H16O6. The largest absolute Gasteiger partial charge is 0.463 e. The molecule has 2 aromatic rings. The van der Waals surface area contributed by atoms with E-state index in [0.29, 0.717) is 22.3 Å². The molecule has 2 aliphatic rings. The Labute approximate surface area is 154 Å². The van der Waals surface area contributed by atoms with Crippen LogP contribution in [0.5, 0.6) is 0 Å². The van der Waals surface area contributed by atoms with Crippen molar-refractivity contribution in [2.75, 3.05) is 0 Å². The number of ketones is 3. The van der Waals surface area contributed by atoms with Gasteiger partial charge in [0.05, 0.1) is 17.2 Å². The summed E-state index contributed by atoms with van der Waals surface area (Å²) in [5.41, 5.74) is 1.71. The van der Waals surface area contributed by atoms with E-state index in [1.807, 2.05) is 0 Å². The van der Waals surface area contributed by atoms with E-state index in [4.69, 9.17) is 9.15 Å². The van der Waals surface area contributed by atoms with Gasteiger partial charge < -0.3 is 9.15 Å². The summed E-state index contributed by atoms with van der Waals surface area (Å²) in [4.78, 5) is 49.0. The van der Waals surface area contributed by atoms with Crippen LogP contribution in [0.3, 0.4) is 0 Å². The second-order valence-corrected chi connectivity index (χ2v) is 7.18. The van der Waals surface area contributed by atoms with E-state index in [2.05, 4.69) is 0 Å². The van der Waals surface area contributed by atoms with Crippen molar-refractivity contribution >= 4 is 29.4 Å². The van der Waals surface area contributed by atoms with Gasteiger partial charge in [-0.25, -0.2) is 0 Å². The van der Waals surface area contributed by atoms with E-state index < -0.39 is 23.0 Å². The summed E-state index contributed by atoms with van der Waals surface area (Å²) < 4.78 is 10.5. The number of Topliss-reactive ketones (excluding diaryl/α,β-unsaturated/α-hetero) is 2. The van der Waals surface area contributed by atoms with E-state index >= 15 is 0 Å². The summed E-state index contributed by atoms with van der Waals surface area (Å²) in [7, 11) is 0. The predicted molar refractivity (Wildman–Crippen MR) is 95.3 cm³/mol. The third-order valence-electron chi connectivity index (χ3n) is 5.14. The van der Waals surface area contributed by atoms with Gasteiger partial charge in [-0.05, 0) is 31.1 Å². The van der Waals surface area contributed by atoms with Crippen LogP contribution >= 0.6 is 0 Å². The highest BCUT2D eigenvalue weighted by Crippen LogP contribution is 2.43. The second-order valence-electron chi connectivity index (χ2n) is 7.18. The molecule has 0 bridgehead atoms. The molecule has 6 nitrogen and oxygen atoms in total. The number of fused-ring (bicyclic) bond motifs is 5. The van der Waals surface area contributed by atoms with Crippen LogP contribution in [0.2, 0.25) is 0 Å². The van der Waals surface area contributed by atoms with E-state index in [-0.39, 0.29) is 29.3 Å². The lowest BCUT2D eigenvalue weighted by molar-refractivity contribution is -0.142. The molecule has 0 unspecified atom stereocenters. The molecule has 2 aliphatic carbocycles.